The maximum absolute atomic E-state index is 14.0. The molecule has 1 fully saturated rings. The van der Waals surface area contributed by atoms with E-state index in [1.54, 1.807) is 0 Å². The first-order valence-electron chi connectivity index (χ1n) is 33.7. The Kier molecular flexibility index (Phi) is 47.8. The molecule has 1 amide bonds. The minimum atomic E-state index is -1.56. The molecule has 0 saturated carbocycles. The summed E-state index contributed by atoms with van der Waals surface area (Å²) in [5.41, 5.74) is 0.997. The molecule has 10 atom stereocenters. The zero-order chi connectivity index (χ0) is 62.8. The lowest BCUT2D eigenvalue weighted by molar-refractivity contribution is -0.121. The van der Waals surface area contributed by atoms with Gasteiger partial charge in [-0.2, -0.15) is 0 Å². The lowest BCUT2D eigenvalue weighted by atomic mass is 9.65. The largest absolute Gasteiger partial charge is 0.461 e. The molecule has 17 nitrogen and oxygen atoms in total. The van der Waals surface area contributed by atoms with Crippen LogP contribution >= 0.6 is 0 Å². The van der Waals surface area contributed by atoms with Gasteiger partial charge in [-0.15, -0.1) is 0 Å². The number of rotatable bonds is 53. The summed E-state index contributed by atoms with van der Waals surface area (Å²) in [5, 5.41) is 88.1. The first-order valence-corrected chi connectivity index (χ1v) is 33.7. The molecule has 0 spiro atoms. The van der Waals surface area contributed by atoms with Gasteiger partial charge in [-0.1, -0.05) is 198 Å². The molecule has 0 aliphatic carbocycles. The van der Waals surface area contributed by atoms with Crippen LogP contribution in [0.15, 0.2) is 73.2 Å². The van der Waals surface area contributed by atoms with E-state index in [0.29, 0.717) is 6.42 Å². The first-order chi connectivity index (χ1) is 41.8. The SMILES string of the molecule is CCCCCCCC/C=C\CCCCCCCCNCC(O)[C@H](O)[C@H](O)C(O)CO.CCCCCCCC/C=C\CCCCCCCCNCC(O)[C@H]1OB([C@@H](CC(=O)[C@H](Cc2ccccc2)NC(=O)c2cnccn2)CC(C)C)O[C@@H]1C(O)CO. The van der Waals surface area contributed by atoms with Crippen molar-refractivity contribution in [3.8, 4) is 0 Å². The van der Waals surface area contributed by atoms with Gasteiger partial charge in [-0.3, -0.25) is 14.6 Å². The molecule has 1 saturated heterocycles. The Balaban J connectivity index is 0.000000711. The average molecular weight is 1210 g/mol. The zero-order valence-corrected chi connectivity index (χ0v) is 53.6. The fourth-order valence-electron chi connectivity index (χ4n) is 10.8. The number of Topliss-reactive ketones (excluding diaryl/α,β-unsaturated/α-hetero) is 1. The van der Waals surface area contributed by atoms with E-state index in [1.165, 1.54) is 173 Å². The fraction of sp³-hybridized carbons (Fsp3) is 0.765. The minimum Gasteiger partial charge on any atom is -0.403 e. The Labute approximate surface area is 519 Å². The number of carbonyl (C=O) groups is 2. The number of aliphatic hydroxyl groups excluding tert-OH is 8. The zero-order valence-electron chi connectivity index (χ0n) is 53.6. The van der Waals surface area contributed by atoms with Crippen molar-refractivity contribution in [2.24, 2.45) is 5.92 Å². The summed E-state index contributed by atoms with van der Waals surface area (Å²) >= 11 is 0. The van der Waals surface area contributed by atoms with Gasteiger partial charge in [0, 0.05) is 37.7 Å². The van der Waals surface area contributed by atoms with Crippen molar-refractivity contribution in [2.45, 2.75) is 287 Å². The van der Waals surface area contributed by atoms with Crippen LogP contribution in [0.1, 0.15) is 236 Å². The van der Waals surface area contributed by atoms with Crippen molar-refractivity contribution >= 4 is 18.8 Å². The monoisotopic (exact) mass is 1210 g/mol. The lowest BCUT2D eigenvalue weighted by Crippen LogP contribution is -2.49. The third-order valence-electron chi connectivity index (χ3n) is 16.0. The second-order valence-electron chi connectivity index (χ2n) is 24.3. The molecule has 0 radical (unpaired) electrons. The Morgan fingerprint density at radius 1 is 0.581 bits per heavy atom. The van der Waals surface area contributed by atoms with Crippen LogP contribution in [-0.2, 0) is 20.5 Å². The lowest BCUT2D eigenvalue weighted by Gasteiger charge is -2.26. The van der Waals surface area contributed by atoms with E-state index in [0.717, 1.165) is 44.3 Å². The second kappa shape index (κ2) is 52.3. The summed E-state index contributed by atoms with van der Waals surface area (Å²) in [7, 11) is -0.906. The predicted molar refractivity (Wildman–Crippen MR) is 347 cm³/mol. The highest BCUT2D eigenvalue weighted by atomic mass is 16.7. The van der Waals surface area contributed by atoms with Crippen LogP contribution in [0, 0.1) is 5.92 Å². The third-order valence-corrected chi connectivity index (χ3v) is 16.0. The number of aliphatic hydroxyl groups is 8. The summed E-state index contributed by atoms with van der Waals surface area (Å²) < 4.78 is 12.5. The first kappa shape index (κ1) is 78.6. The summed E-state index contributed by atoms with van der Waals surface area (Å²) in [5.74, 6) is -0.969. The summed E-state index contributed by atoms with van der Waals surface area (Å²) in [6.07, 6.45) is 39.8. The van der Waals surface area contributed by atoms with E-state index in [2.05, 4.69) is 64.1 Å². The van der Waals surface area contributed by atoms with Crippen molar-refractivity contribution in [2.75, 3.05) is 39.4 Å². The Morgan fingerprint density at radius 2 is 1.05 bits per heavy atom. The number of benzene rings is 1. The van der Waals surface area contributed by atoms with Crippen LogP contribution in [0.4, 0.5) is 0 Å². The van der Waals surface area contributed by atoms with Gasteiger partial charge in [0.2, 0.25) is 0 Å². The number of amides is 1. The van der Waals surface area contributed by atoms with E-state index in [4.69, 9.17) is 14.4 Å². The quantitative estimate of drug-likeness (QED) is 0.0167. The number of ketones is 1. The molecular formula is C68H120BN5O12. The molecule has 2 heterocycles. The molecule has 11 N–H and O–H groups in total. The van der Waals surface area contributed by atoms with Gasteiger partial charge in [0.05, 0.1) is 49.9 Å². The van der Waals surface area contributed by atoms with Crippen LogP contribution in [0.25, 0.3) is 0 Å². The number of nitrogens with zero attached hydrogens (tertiary/aromatic N) is 2. The van der Waals surface area contributed by atoms with Crippen LogP contribution in [0.2, 0.25) is 5.82 Å². The van der Waals surface area contributed by atoms with Gasteiger partial charge in [0.15, 0.2) is 5.78 Å². The Morgan fingerprint density at radius 3 is 1.51 bits per heavy atom. The van der Waals surface area contributed by atoms with Gasteiger partial charge < -0.3 is 66.1 Å². The van der Waals surface area contributed by atoms with E-state index >= 15 is 0 Å². The van der Waals surface area contributed by atoms with E-state index in [-0.39, 0.29) is 43.3 Å². The molecule has 0 bridgehead atoms. The minimum absolute atomic E-state index is 0.0278. The highest BCUT2D eigenvalue weighted by molar-refractivity contribution is 6.47. The summed E-state index contributed by atoms with van der Waals surface area (Å²) in [6.45, 7) is 9.23. The average Bonchev–Trinajstić information content (AvgIpc) is 2.70. The van der Waals surface area contributed by atoms with Crippen molar-refractivity contribution in [3.63, 3.8) is 0 Å². The van der Waals surface area contributed by atoms with Crippen LogP contribution in [0.5, 0.6) is 0 Å². The van der Waals surface area contributed by atoms with Crippen LogP contribution in [-0.4, -0.2) is 164 Å². The van der Waals surface area contributed by atoms with Gasteiger partial charge in [-0.25, -0.2) is 4.98 Å². The number of aromatic nitrogens is 2. The van der Waals surface area contributed by atoms with Crippen molar-refractivity contribution in [1.82, 2.24) is 25.9 Å². The van der Waals surface area contributed by atoms with E-state index in [9.17, 15) is 45.3 Å². The Bertz CT molecular complexity index is 1960. The smallest absolute Gasteiger partial charge is 0.403 e. The van der Waals surface area contributed by atoms with Gasteiger partial charge in [-0.05, 0) is 102 Å². The molecule has 1 aliphatic rings. The van der Waals surface area contributed by atoms with E-state index < -0.39 is 86.9 Å². The normalized spacial score (nSPS) is 17.3. The molecule has 1 aliphatic heterocycles. The second-order valence-corrected chi connectivity index (χ2v) is 24.3. The van der Waals surface area contributed by atoms with Crippen molar-refractivity contribution in [3.05, 3.63) is 84.5 Å². The molecule has 3 rings (SSSR count). The Hall–Kier alpha value is -3.50. The molecule has 86 heavy (non-hydrogen) atoms. The maximum Gasteiger partial charge on any atom is 0.461 e. The molecule has 492 valence electrons. The molecule has 2 aromatic rings. The predicted octanol–water partition coefficient (Wildman–Crippen LogP) is 9.86. The molecular weight excluding hydrogens is 1090 g/mol. The van der Waals surface area contributed by atoms with E-state index in [1.807, 2.05) is 44.2 Å². The number of carbonyl (C=O) groups excluding carboxylic acids is 2. The molecule has 4 unspecified atom stereocenters. The van der Waals surface area contributed by atoms with Gasteiger partial charge in [0.1, 0.15) is 30.1 Å². The maximum atomic E-state index is 14.0. The molecule has 1 aromatic carbocycles. The summed E-state index contributed by atoms with van der Waals surface area (Å²) in [4.78, 5) is 35.2. The highest BCUT2D eigenvalue weighted by Gasteiger charge is 2.50. The summed E-state index contributed by atoms with van der Waals surface area (Å²) in [6, 6.07) is 8.62. The van der Waals surface area contributed by atoms with Gasteiger partial charge in [0.25, 0.3) is 5.91 Å². The van der Waals surface area contributed by atoms with Crippen LogP contribution in [0.3, 0.4) is 0 Å². The fourth-order valence-corrected chi connectivity index (χ4v) is 10.8. The van der Waals surface area contributed by atoms with Gasteiger partial charge >= 0.3 is 7.12 Å². The van der Waals surface area contributed by atoms with Crippen LogP contribution < -0.4 is 16.0 Å². The molecule has 18 heteroatoms. The van der Waals surface area contributed by atoms with Crippen molar-refractivity contribution < 1.29 is 59.8 Å². The number of nitrogens with one attached hydrogen (secondary N) is 3. The number of hydrogen-bond donors (Lipinski definition) is 11. The number of unbranched alkanes of at least 4 members (excludes halogenated alkanes) is 24. The standard InChI is InChI=1S/C44H71BN4O7.C24H49NO5/c1-4-5-6-7-8-9-10-11-12-13-14-15-16-17-18-22-25-46-32-40(52)42-43(41(53)33-50)56-45(55-42)36(28-34(2)3)30-39(51)37(29-35-23-20-19-21-24-35)49-44(54)38-31-47-26-27-48-38;1-2-3-4-5-6-7-8-9-10-11-12-13-14-15-16-17-18-25-19-21(27)23(29)24(30)22(28)20-26/h11-12,19-21,23-24,26-27,31,34,36-37,40-43,46,50,52-53H,4-10,13-18,22,25,28-30,32-33H2,1-3H3,(H,49,54);9-10,21-30H,2-8,11-20H2,1H3/b12-11-;10-9-/t36-,37+,40?,41?,42-,43-;21?,22?,23-,24+/m10/s1. The number of allylic oxidation sites excluding steroid dienone is 4. The molecule has 1 aromatic heterocycles. The topological polar surface area (TPSA) is 276 Å². The highest BCUT2D eigenvalue weighted by Crippen LogP contribution is 2.35. The van der Waals surface area contributed by atoms with Crippen molar-refractivity contribution in [1.29, 1.82) is 0 Å². The third kappa shape index (κ3) is 37.5. The number of hydrogen-bond acceptors (Lipinski definition) is 16.